The molecule has 21 heavy (non-hydrogen) atoms. The van der Waals surface area contributed by atoms with Crippen LogP contribution in [0.2, 0.25) is 0 Å². The number of hydrogen-bond donors (Lipinski definition) is 0. The highest BCUT2D eigenvalue weighted by molar-refractivity contribution is 7.13. The molecule has 0 fully saturated rings. The second-order valence-electron chi connectivity index (χ2n) is 5.00. The van der Waals surface area contributed by atoms with Crippen LogP contribution in [-0.2, 0) is 11.2 Å². The third-order valence-corrected chi connectivity index (χ3v) is 4.17. The van der Waals surface area contributed by atoms with Gasteiger partial charge < -0.3 is 4.90 Å². The number of hydrogen-bond acceptors (Lipinski definition) is 3. The molecule has 0 aliphatic heterocycles. The molecule has 1 heterocycles. The van der Waals surface area contributed by atoms with Gasteiger partial charge >= 0.3 is 0 Å². The van der Waals surface area contributed by atoms with Crippen molar-refractivity contribution >= 4 is 17.2 Å². The van der Waals surface area contributed by atoms with Gasteiger partial charge in [0.25, 0.3) is 0 Å². The van der Waals surface area contributed by atoms with Gasteiger partial charge in [-0.2, -0.15) is 0 Å². The Balaban J connectivity index is 2.02. The quantitative estimate of drug-likeness (QED) is 0.814. The molecule has 0 aliphatic rings. The number of likely N-dealkylation sites (N-methyl/N-ethyl adjacent to an activating group) is 1. The van der Waals surface area contributed by atoms with Crippen LogP contribution in [-0.4, -0.2) is 29.4 Å². The van der Waals surface area contributed by atoms with E-state index in [1.54, 1.807) is 11.0 Å². The van der Waals surface area contributed by atoms with Gasteiger partial charge in [-0.15, -0.1) is 11.3 Å². The van der Waals surface area contributed by atoms with Gasteiger partial charge in [-0.3, -0.25) is 4.79 Å². The van der Waals surface area contributed by atoms with Gasteiger partial charge in [-0.1, -0.05) is 25.5 Å². The monoisotopic (exact) mass is 306 g/mol. The van der Waals surface area contributed by atoms with Crippen LogP contribution in [0.1, 0.15) is 25.5 Å². The summed E-state index contributed by atoms with van der Waals surface area (Å²) in [6.45, 7) is 2.88. The van der Waals surface area contributed by atoms with E-state index in [2.05, 4.69) is 11.9 Å². The Hall–Kier alpha value is -1.75. The molecule has 1 aromatic heterocycles. The molecule has 0 spiro atoms. The lowest BCUT2D eigenvalue weighted by molar-refractivity contribution is -0.129. The van der Waals surface area contributed by atoms with E-state index in [0.29, 0.717) is 6.42 Å². The Kier molecular flexibility index (Phi) is 5.44. The van der Waals surface area contributed by atoms with E-state index in [-0.39, 0.29) is 11.7 Å². The van der Waals surface area contributed by atoms with Crippen LogP contribution in [0, 0.1) is 5.82 Å². The molecule has 0 unspecified atom stereocenters. The van der Waals surface area contributed by atoms with Crippen LogP contribution in [0.15, 0.2) is 29.6 Å². The summed E-state index contributed by atoms with van der Waals surface area (Å²) in [6, 6.07) is 6.35. The Labute approximate surface area is 128 Å². The number of aromatic nitrogens is 1. The molecule has 0 saturated carbocycles. The Morgan fingerprint density at radius 2 is 2.24 bits per heavy atom. The number of nitrogens with zero attached hydrogens (tertiary/aromatic N) is 2. The van der Waals surface area contributed by atoms with Gasteiger partial charge in [0.15, 0.2) is 0 Å². The second-order valence-corrected chi connectivity index (χ2v) is 5.86. The molecule has 0 aliphatic carbocycles. The fourth-order valence-corrected chi connectivity index (χ4v) is 2.77. The first-order chi connectivity index (χ1) is 10.1. The number of thiazole rings is 1. The van der Waals surface area contributed by atoms with Gasteiger partial charge in [0.2, 0.25) is 5.91 Å². The number of carbonyl (C=O) groups excluding carboxylic acids is 1. The van der Waals surface area contributed by atoms with Gasteiger partial charge in [0.05, 0.1) is 12.1 Å². The fraction of sp³-hybridized carbons (Fsp3) is 0.375. The standard InChI is InChI=1S/C16H19FN2OS/c1-3-4-8-19(2)15(20)10-14-11-21-16(18-14)12-6-5-7-13(17)9-12/h5-7,9,11H,3-4,8,10H2,1-2H3. The Morgan fingerprint density at radius 3 is 2.95 bits per heavy atom. The topological polar surface area (TPSA) is 33.2 Å². The van der Waals surface area contributed by atoms with Crippen LogP contribution in [0.4, 0.5) is 4.39 Å². The van der Waals surface area contributed by atoms with Crippen LogP contribution in [0.25, 0.3) is 10.6 Å². The zero-order valence-electron chi connectivity index (χ0n) is 12.3. The molecule has 0 radical (unpaired) electrons. The lowest BCUT2D eigenvalue weighted by Crippen LogP contribution is -2.29. The van der Waals surface area contributed by atoms with E-state index in [9.17, 15) is 9.18 Å². The Morgan fingerprint density at radius 1 is 1.43 bits per heavy atom. The summed E-state index contributed by atoms with van der Waals surface area (Å²) in [7, 11) is 1.82. The third kappa shape index (κ3) is 4.36. The summed E-state index contributed by atoms with van der Waals surface area (Å²) in [5.74, 6) is -0.209. The van der Waals surface area contributed by atoms with Gasteiger partial charge in [-0.25, -0.2) is 9.37 Å². The highest BCUT2D eigenvalue weighted by atomic mass is 32.1. The molecular formula is C16H19FN2OS. The fourth-order valence-electron chi connectivity index (χ4n) is 1.95. The average molecular weight is 306 g/mol. The molecule has 5 heteroatoms. The largest absolute Gasteiger partial charge is 0.345 e. The van der Waals surface area contributed by atoms with Crippen molar-refractivity contribution in [3.8, 4) is 10.6 Å². The molecule has 3 nitrogen and oxygen atoms in total. The molecular weight excluding hydrogens is 287 g/mol. The van der Waals surface area contributed by atoms with Crippen molar-refractivity contribution in [2.45, 2.75) is 26.2 Å². The number of benzene rings is 1. The number of rotatable bonds is 6. The smallest absolute Gasteiger partial charge is 0.228 e. The van der Waals surface area contributed by atoms with Gasteiger partial charge in [0.1, 0.15) is 10.8 Å². The zero-order valence-corrected chi connectivity index (χ0v) is 13.1. The van der Waals surface area contributed by atoms with E-state index in [1.807, 2.05) is 18.5 Å². The van der Waals surface area contributed by atoms with E-state index in [0.717, 1.165) is 35.7 Å². The summed E-state index contributed by atoms with van der Waals surface area (Å²) in [6.07, 6.45) is 2.37. The normalized spacial score (nSPS) is 10.6. The minimum absolute atomic E-state index is 0.0690. The first kappa shape index (κ1) is 15.6. The van der Waals surface area contributed by atoms with Crippen LogP contribution < -0.4 is 0 Å². The highest BCUT2D eigenvalue weighted by Crippen LogP contribution is 2.24. The SMILES string of the molecule is CCCCN(C)C(=O)Cc1csc(-c2cccc(F)c2)n1. The predicted octanol–water partition coefficient (Wildman–Crippen LogP) is 3.75. The van der Waals surface area contributed by atoms with E-state index in [4.69, 9.17) is 0 Å². The first-order valence-corrected chi connectivity index (χ1v) is 7.92. The minimum atomic E-state index is -0.278. The summed E-state index contributed by atoms with van der Waals surface area (Å²) in [4.78, 5) is 18.2. The van der Waals surface area contributed by atoms with Crippen molar-refractivity contribution in [3.63, 3.8) is 0 Å². The summed E-state index contributed by atoms with van der Waals surface area (Å²) >= 11 is 1.43. The number of halogens is 1. The number of carbonyl (C=O) groups is 1. The third-order valence-electron chi connectivity index (χ3n) is 3.23. The zero-order chi connectivity index (χ0) is 15.2. The number of unbranched alkanes of at least 4 members (excludes halogenated alkanes) is 1. The maximum Gasteiger partial charge on any atom is 0.228 e. The lowest BCUT2D eigenvalue weighted by atomic mass is 10.2. The van der Waals surface area contributed by atoms with Gasteiger partial charge in [-0.05, 0) is 18.6 Å². The summed E-state index contributed by atoms with van der Waals surface area (Å²) in [5, 5.41) is 2.61. The lowest BCUT2D eigenvalue weighted by Gasteiger charge is -2.15. The second kappa shape index (κ2) is 7.31. The number of amides is 1. The Bertz CT molecular complexity index is 612. The minimum Gasteiger partial charge on any atom is -0.345 e. The predicted molar refractivity (Wildman–Crippen MR) is 83.8 cm³/mol. The van der Waals surface area contributed by atoms with E-state index in [1.165, 1.54) is 23.5 Å². The van der Waals surface area contributed by atoms with Crippen LogP contribution >= 0.6 is 11.3 Å². The van der Waals surface area contributed by atoms with Crippen molar-refractivity contribution in [3.05, 3.63) is 41.2 Å². The summed E-state index contributed by atoms with van der Waals surface area (Å²) in [5.41, 5.74) is 1.49. The van der Waals surface area contributed by atoms with Crippen molar-refractivity contribution < 1.29 is 9.18 Å². The van der Waals surface area contributed by atoms with Crippen LogP contribution in [0.5, 0.6) is 0 Å². The van der Waals surface area contributed by atoms with Gasteiger partial charge in [0, 0.05) is 24.5 Å². The van der Waals surface area contributed by atoms with Crippen molar-refractivity contribution in [1.29, 1.82) is 0 Å². The summed E-state index contributed by atoms with van der Waals surface area (Å²) < 4.78 is 13.2. The molecule has 0 bridgehead atoms. The maximum absolute atomic E-state index is 13.2. The van der Waals surface area contributed by atoms with Crippen LogP contribution in [0.3, 0.4) is 0 Å². The van der Waals surface area contributed by atoms with Crippen molar-refractivity contribution in [2.75, 3.05) is 13.6 Å². The molecule has 2 aromatic rings. The first-order valence-electron chi connectivity index (χ1n) is 7.04. The molecule has 0 N–H and O–H groups in total. The van der Waals surface area contributed by atoms with Crippen molar-refractivity contribution in [2.24, 2.45) is 0 Å². The molecule has 0 saturated heterocycles. The molecule has 1 amide bonds. The highest BCUT2D eigenvalue weighted by Gasteiger charge is 2.12. The van der Waals surface area contributed by atoms with E-state index < -0.39 is 0 Å². The molecule has 0 atom stereocenters. The van der Waals surface area contributed by atoms with E-state index >= 15 is 0 Å². The molecule has 112 valence electrons. The van der Waals surface area contributed by atoms with Crippen molar-refractivity contribution in [1.82, 2.24) is 9.88 Å². The average Bonchev–Trinajstić information content (AvgIpc) is 2.93. The maximum atomic E-state index is 13.2. The molecule has 2 rings (SSSR count). The molecule has 1 aromatic carbocycles.